The molecule has 2 heterocycles. The molecule has 3 aliphatic rings. The molecule has 29 heavy (non-hydrogen) atoms. The number of aromatic hydroxyl groups is 3. The van der Waals surface area contributed by atoms with Crippen LogP contribution in [-0.2, 0) is 0 Å². The van der Waals surface area contributed by atoms with Crippen LogP contribution in [0.15, 0.2) is 65.7 Å². The zero-order valence-electron chi connectivity index (χ0n) is 15.0. The number of rotatable bonds is 1. The van der Waals surface area contributed by atoms with Gasteiger partial charge in [0, 0.05) is 28.8 Å². The molecule has 2 atom stereocenters. The molecule has 6 rings (SSSR count). The molecule has 0 fully saturated rings. The molecule has 2 aliphatic heterocycles. The number of para-hydroxylation sites is 1. The van der Waals surface area contributed by atoms with Crippen molar-refractivity contribution in [1.82, 2.24) is 0 Å². The van der Waals surface area contributed by atoms with Crippen LogP contribution in [0.25, 0.3) is 11.1 Å². The third kappa shape index (κ3) is 1.96. The Morgan fingerprint density at radius 2 is 1.66 bits per heavy atom. The zero-order valence-corrected chi connectivity index (χ0v) is 15.0. The molecule has 0 aromatic heterocycles. The molecule has 1 aliphatic carbocycles. The van der Waals surface area contributed by atoms with Gasteiger partial charge >= 0.3 is 0 Å². The van der Waals surface area contributed by atoms with Gasteiger partial charge in [-0.25, -0.2) is 0 Å². The summed E-state index contributed by atoms with van der Waals surface area (Å²) in [5, 5.41) is 41.9. The molecule has 0 saturated carbocycles. The summed E-state index contributed by atoms with van der Waals surface area (Å²) >= 11 is 0. The minimum atomic E-state index is -1.80. The van der Waals surface area contributed by atoms with Crippen molar-refractivity contribution < 1.29 is 25.2 Å². The maximum Gasteiger partial charge on any atom is 0.249 e. The number of fused-ring (bicyclic) bond motifs is 7. The van der Waals surface area contributed by atoms with Crippen molar-refractivity contribution in [1.29, 1.82) is 0 Å². The number of allylic oxidation sites excluding steroid dienone is 1. The number of aliphatic hydroxyl groups is 1. The van der Waals surface area contributed by atoms with Gasteiger partial charge in [0.2, 0.25) is 5.79 Å². The normalized spacial score (nSPS) is 23.2. The average molecular weight is 385 g/mol. The van der Waals surface area contributed by atoms with E-state index in [-0.39, 0.29) is 23.0 Å². The molecule has 3 aromatic rings. The molecule has 0 unspecified atom stereocenters. The predicted octanol–water partition coefficient (Wildman–Crippen LogP) is 3.68. The Labute approximate surface area is 165 Å². The van der Waals surface area contributed by atoms with Gasteiger partial charge in [-0.05, 0) is 23.8 Å². The van der Waals surface area contributed by atoms with Gasteiger partial charge in [0.25, 0.3) is 0 Å². The highest BCUT2D eigenvalue weighted by atomic mass is 16.6. The van der Waals surface area contributed by atoms with Crippen molar-refractivity contribution in [2.75, 3.05) is 0 Å². The first-order chi connectivity index (χ1) is 14.0. The maximum atomic E-state index is 11.8. The summed E-state index contributed by atoms with van der Waals surface area (Å²) in [7, 11) is 0. The smallest absolute Gasteiger partial charge is 0.249 e. The van der Waals surface area contributed by atoms with Gasteiger partial charge in [-0.15, -0.1) is 0 Å². The lowest BCUT2D eigenvalue weighted by atomic mass is 9.88. The standard InChI is InChI=1S/C23H15NO5/c25-12-7-5-11(6-8-12)20-18-14-3-1-2-4-15(14)24-22(18)21-19-16(27)9-13(26)10-17(19)29-23(20,21)28/h1-10,21,25-28H/t21-,23+/m1/s1. The first kappa shape index (κ1) is 16.2. The molecular weight excluding hydrogens is 370 g/mol. The Morgan fingerprint density at radius 3 is 2.45 bits per heavy atom. The van der Waals surface area contributed by atoms with Crippen LogP contribution in [0.1, 0.15) is 22.6 Å². The van der Waals surface area contributed by atoms with E-state index in [9.17, 15) is 20.4 Å². The van der Waals surface area contributed by atoms with Crippen molar-refractivity contribution in [2.45, 2.75) is 11.7 Å². The molecule has 6 heteroatoms. The minimum Gasteiger partial charge on any atom is -0.508 e. The van der Waals surface area contributed by atoms with Crippen LogP contribution in [0.3, 0.4) is 0 Å². The fraction of sp³-hybridized carbons (Fsp3) is 0.0870. The summed E-state index contributed by atoms with van der Waals surface area (Å²) in [4.78, 5) is 4.75. The molecule has 0 spiro atoms. The number of ether oxygens (including phenoxy) is 1. The number of benzene rings is 3. The van der Waals surface area contributed by atoms with E-state index in [1.807, 2.05) is 24.3 Å². The van der Waals surface area contributed by atoms with Gasteiger partial charge in [0.15, 0.2) is 0 Å². The molecule has 4 N–H and O–H groups in total. The fourth-order valence-corrected chi connectivity index (χ4v) is 4.65. The number of aliphatic imine (C=N–C) groups is 1. The van der Waals surface area contributed by atoms with E-state index in [1.165, 1.54) is 12.1 Å². The van der Waals surface area contributed by atoms with Gasteiger partial charge in [0.05, 0.1) is 17.0 Å². The van der Waals surface area contributed by atoms with Crippen molar-refractivity contribution in [3.05, 3.63) is 77.4 Å². The van der Waals surface area contributed by atoms with Gasteiger partial charge in [-0.3, -0.25) is 4.99 Å². The molecule has 3 aromatic carbocycles. The van der Waals surface area contributed by atoms with E-state index < -0.39 is 11.7 Å². The summed E-state index contributed by atoms with van der Waals surface area (Å²) in [5.74, 6) is -2.54. The highest BCUT2D eigenvalue weighted by molar-refractivity contribution is 6.41. The summed E-state index contributed by atoms with van der Waals surface area (Å²) in [5.41, 5.74) is 4.60. The van der Waals surface area contributed by atoms with Crippen molar-refractivity contribution >= 4 is 22.5 Å². The molecule has 0 bridgehead atoms. The first-order valence-electron chi connectivity index (χ1n) is 9.17. The van der Waals surface area contributed by atoms with Crippen molar-refractivity contribution in [3.8, 4) is 23.0 Å². The maximum absolute atomic E-state index is 11.8. The van der Waals surface area contributed by atoms with Crippen LogP contribution >= 0.6 is 0 Å². The number of hydrogen-bond acceptors (Lipinski definition) is 6. The lowest BCUT2D eigenvalue weighted by Gasteiger charge is -2.26. The van der Waals surface area contributed by atoms with Gasteiger partial charge in [-0.1, -0.05) is 30.3 Å². The lowest BCUT2D eigenvalue weighted by Crippen LogP contribution is -2.37. The zero-order chi connectivity index (χ0) is 19.9. The fourth-order valence-electron chi connectivity index (χ4n) is 4.65. The van der Waals surface area contributed by atoms with Crippen LogP contribution in [0.4, 0.5) is 5.69 Å². The van der Waals surface area contributed by atoms with Crippen LogP contribution in [0.5, 0.6) is 23.0 Å². The highest BCUT2D eigenvalue weighted by Crippen LogP contribution is 2.63. The predicted molar refractivity (Wildman–Crippen MR) is 107 cm³/mol. The second-order valence-electron chi connectivity index (χ2n) is 7.42. The molecule has 0 radical (unpaired) electrons. The minimum absolute atomic E-state index is 0.111. The number of phenols is 3. The molecule has 0 saturated heterocycles. The van der Waals surface area contributed by atoms with E-state index in [1.54, 1.807) is 24.3 Å². The lowest BCUT2D eigenvalue weighted by molar-refractivity contribution is -0.0702. The second-order valence-corrected chi connectivity index (χ2v) is 7.42. The summed E-state index contributed by atoms with van der Waals surface area (Å²) in [6, 6.07) is 16.7. The van der Waals surface area contributed by atoms with E-state index >= 15 is 0 Å². The van der Waals surface area contributed by atoms with Crippen LogP contribution in [-0.4, -0.2) is 31.9 Å². The average Bonchev–Trinajstić information content (AvgIpc) is 3.25. The molecule has 6 nitrogen and oxygen atoms in total. The van der Waals surface area contributed by atoms with E-state index in [2.05, 4.69) is 0 Å². The quantitative estimate of drug-likeness (QED) is 0.512. The monoisotopic (exact) mass is 385 g/mol. The Hall–Kier alpha value is -3.77. The second kappa shape index (κ2) is 5.18. The third-order valence-electron chi connectivity index (χ3n) is 5.76. The van der Waals surface area contributed by atoms with Crippen LogP contribution in [0.2, 0.25) is 0 Å². The first-order valence-corrected chi connectivity index (χ1v) is 9.17. The summed E-state index contributed by atoms with van der Waals surface area (Å²) in [6.45, 7) is 0. The number of hydrogen-bond donors (Lipinski definition) is 4. The largest absolute Gasteiger partial charge is 0.508 e. The number of nitrogens with zero attached hydrogens (tertiary/aromatic N) is 1. The Balaban J connectivity index is 1.68. The van der Waals surface area contributed by atoms with E-state index in [4.69, 9.17) is 9.73 Å². The van der Waals surface area contributed by atoms with Gasteiger partial charge in [-0.2, -0.15) is 0 Å². The summed E-state index contributed by atoms with van der Waals surface area (Å²) < 4.78 is 5.96. The number of phenolic OH excluding ortho intramolecular Hbond substituents is 3. The Kier molecular flexibility index (Phi) is 2.90. The van der Waals surface area contributed by atoms with Crippen LogP contribution < -0.4 is 4.74 Å². The van der Waals surface area contributed by atoms with Gasteiger partial charge in [0.1, 0.15) is 28.9 Å². The Morgan fingerprint density at radius 1 is 0.897 bits per heavy atom. The topological polar surface area (TPSA) is 103 Å². The SMILES string of the molecule is Oc1ccc(C2=C3C(=Nc4ccccc43)[C@H]3c4c(O)cc(O)cc4O[C@@]23O)cc1. The summed E-state index contributed by atoms with van der Waals surface area (Å²) in [6.07, 6.45) is 0. The highest BCUT2D eigenvalue weighted by Gasteiger charge is 2.61. The molecular formula is C23H15NO5. The molecule has 142 valence electrons. The van der Waals surface area contributed by atoms with Gasteiger partial charge < -0.3 is 25.2 Å². The molecule has 0 amide bonds. The van der Waals surface area contributed by atoms with Crippen LogP contribution in [0, 0.1) is 0 Å². The third-order valence-corrected chi connectivity index (χ3v) is 5.76. The Bertz CT molecular complexity index is 1270. The van der Waals surface area contributed by atoms with E-state index in [0.29, 0.717) is 22.4 Å². The van der Waals surface area contributed by atoms with E-state index in [0.717, 1.165) is 16.8 Å². The van der Waals surface area contributed by atoms with Crippen molar-refractivity contribution in [3.63, 3.8) is 0 Å². The van der Waals surface area contributed by atoms with Crippen molar-refractivity contribution in [2.24, 2.45) is 4.99 Å².